The molecule has 1 N–H and O–H groups in total. The summed E-state index contributed by atoms with van der Waals surface area (Å²) in [5.74, 6) is -1.76. The fraction of sp³-hybridized carbons (Fsp3) is 0.192. The number of pyridine rings is 1. The smallest absolute Gasteiger partial charge is 0.421 e. The Morgan fingerprint density at radius 3 is 2.32 bits per heavy atom. The molecule has 0 unspecified atom stereocenters. The number of carbonyl (C=O) groups is 1. The van der Waals surface area contributed by atoms with Crippen molar-refractivity contribution in [3.63, 3.8) is 0 Å². The van der Waals surface area contributed by atoms with Crippen molar-refractivity contribution in [3.05, 3.63) is 87.2 Å². The molecule has 4 aromatic rings. The van der Waals surface area contributed by atoms with Gasteiger partial charge in [-0.2, -0.15) is 13.2 Å². The van der Waals surface area contributed by atoms with E-state index in [0.717, 1.165) is 12.3 Å². The van der Waals surface area contributed by atoms with Crippen molar-refractivity contribution < 1.29 is 37.1 Å². The Hall–Kier alpha value is -3.76. The van der Waals surface area contributed by atoms with Crippen LogP contribution in [0.5, 0.6) is 17.4 Å². The van der Waals surface area contributed by atoms with Crippen LogP contribution in [0.15, 0.2) is 59.3 Å². The van der Waals surface area contributed by atoms with E-state index in [4.69, 9.17) is 42.3 Å². The monoisotopic (exact) mass is 566 g/mol. The van der Waals surface area contributed by atoms with Gasteiger partial charge in [0, 0.05) is 11.5 Å². The Morgan fingerprint density at radius 2 is 1.74 bits per heavy atom. The van der Waals surface area contributed by atoms with Crippen LogP contribution in [0.25, 0.3) is 11.3 Å². The highest BCUT2D eigenvalue weighted by atomic mass is 35.5. The molecule has 0 amide bonds. The summed E-state index contributed by atoms with van der Waals surface area (Å²) in [4.78, 5) is 14.8. The number of carboxylic acid groups (broad SMARTS) is 1. The van der Waals surface area contributed by atoms with Crippen LogP contribution in [0.3, 0.4) is 0 Å². The molecular weight excluding hydrogens is 548 g/mol. The minimum Gasteiger partial charge on any atom is -0.487 e. The SMILES string of the molecule is CC(C)c1onc(-c2c(Cl)cccc2Cl)c1COc1cnc(Oc2ccc(C(=O)O)cc2)c(C(F)(F)F)c1. The van der Waals surface area contributed by atoms with Gasteiger partial charge in [-0.3, -0.25) is 0 Å². The average molecular weight is 567 g/mol. The molecule has 0 radical (unpaired) electrons. The predicted octanol–water partition coefficient (Wildman–Crippen LogP) is 8.26. The van der Waals surface area contributed by atoms with Gasteiger partial charge in [-0.15, -0.1) is 0 Å². The second-order valence-electron chi connectivity index (χ2n) is 8.37. The van der Waals surface area contributed by atoms with E-state index in [1.807, 2.05) is 13.8 Å². The number of benzene rings is 2. The van der Waals surface area contributed by atoms with E-state index in [-0.39, 0.29) is 29.6 Å². The second kappa shape index (κ2) is 10.9. The lowest BCUT2D eigenvalue weighted by molar-refractivity contribution is -0.139. The topological polar surface area (TPSA) is 94.7 Å². The van der Waals surface area contributed by atoms with E-state index in [1.54, 1.807) is 18.2 Å². The molecule has 7 nitrogen and oxygen atoms in total. The number of hydrogen-bond donors (Lipinski definition) is 1. The molecule has 0 aliphatic rings. The third-order valence-corrected chi connectivity index (χ3v) is 6.00. The molecule has 0 spiro atoms. The van der Waals surface area contributed by atoms with Crippen molar-refractivity contribution in [2.75, 3.05) is 0 Å². The van der Waals surface area contributed by atoms with Gasteiger partial charge in [-0.25, -0.2) is 9.78 Å². The summed E-state index contributed by atoms with van der Waals surface area (Å²) in [6.45, 7) is 3.52. The Morgan fingerprint density at radius 1 is 1.08 bits per heavy atom. The third kappa shape index (κ3) is 5.87. The number of ether oxygens (including phenoxy) is 2. The highest BCUT2D eigenvalue weighted by Crippen LogP contribution is 2.41. The van der Waals surface area contributed by atoms with Gasteiger partial charge in [-0.05, 0) is 42.5 Å². The summed E-state index contributed by atoms with van der Waals surface area (Å²) in [5.41, 5.74) is -0.0181. The van der Waals surface area contributed by atoms with Crippen LogP contribution < -0.4 is 9.47 Å². The summed E-state index contributed by atoms with van der Waals surface area (Å²) in [6.07, 6.45) is -3.74. The Kier molecular flexibility index (Phi) is 7.84. The van der Waals surface area contributed by atoms with E-state index in [0.29, 0.717) is 32.6 Å². The number of nitrogens with zero attached hydrogens (tertiary/aromatic N) is 2. The average Bonchev–Trinajstić information content (AvgIpc) is 3.26. The molecule has 0 bridgehead atoms. The van der Waals surface area contributed by atoms with Crippen LogP contribution in [0.1, 0.15) is 47.0 Å². The van der Waals surface area contributed by atoms with Crippen molar-refractivity contribution in [2.24, 2.45) is 0 Å². The van der Waals surface area contributed by atoms with Crippen LogP contribution in [0.2, 0.25) is 10.0 Å². The normalized spacial score (nSPS) is 11.6. The largest absolute Gasteiger partial charge is 0.487 e. The number of carboxylic acids is 1. The summed E-state index contributed by atoms with van der Waals surface area (Å²) in [5, 5.41) is 13.7. The van der Waals surface area contributed by atoms with Crippen molar-refractivity contribution in [1.82, 2.24) is 10.1 Å². The molecule has 38 heavy (non-hydrogen) atoms. The fourth-order valence-electron chi connectivity index (χ4n) is 3.56. The lowest BCUT2D eigenvalue weighted by Gasteiger charge is -2.15. The molecule has 0 saturated carbocycles. The van der Waals surface area contributed by atoms with Crippen LogP contribution in [0, 0.1) is 0 Å². The van der Waals surface area contributed by atoms with Crippen molar-refractivity contribution in [3.8, 4) is 28.6 Å². The lowest BCUT2D eigenvalue weighted by atomic mass is 10.0. The highest BCUT2D eigenvalue weighted by molar-refractivity contribution is 6.39. The van der Waals surface area contributed by atoms with Crippen LogP contribution >= 0.6 is 23.2 Å². The van der Waals surface area contributed by atoms with Crippen LogP contribution in [-0.4, -0.2) is 21.2 Å². The molecule has 198 valence electrons. The first-order chi connectivity index (χ1) is 18.0. The van der Waals surface area contributed by atoms with Gasteiger partial charge in [0.1, 0.15) is 35.1 Å². The van der Waals surface area contributed by atoms with E-state index in [1.165, 1.54) is 24.3 Å². The number of alkyl halides is 3. The summed E-state index contributed by atoms with van der Waals surface area (Å²) in [6, 6.07) is 10.6. The van der Waals surface area contributed by atoms with Gasteiger partial charge in [0.2, 0.25) is 5.88 Å². The molecule has 0 saturated heterocycles. The summed E-state index contributed by atoms with van der Waals surface area (Å²) < 4.78 is 58.0. The maximum Gasteiger partial charge on any atom is 0.421 e. The minimum atomic E-state index is -4.82. The van der Waals surface area contributed by atoms with E-state index in [9.17, 15) is 18.0 Å². The molecule has 0 atom stereocenters. The molecule has 0 aliphatic carbocycles. The molecule has 2 heterocycles. The molecule has 2 aromatic heterocycles. The predicted molar refractivity (Wildman–Crippen MR) is 133 cm³/mol. The molecule has 4 rings (SSSR count). The number of hydrogen-bond acceptors (Lipinski definition) is 6. The lowest BCUT2D eigenvalue weighted by Crippen LogP contribution is -2.10. The summed E-state index contributed by atoms with van der Waals surface area (Å²) in [7, 11) is 0. The van der Waals surface area contributed by atoms with Gasteiger partial charge in [0.25, 0.3) is 0 Å². The maximum absolute atomic E-state index is 13.9. The minimum absolute atomic E-state index is 0.0195. The Balaban J connectivity index is 1.64. The fourth-order valence-corrected chi connectivity index (χ4v) is 4.14. The third-order valence-electron chi connectivity index (χ3n) is 5.37. The van der Waals surface area contributed by atoms with Crippen LogP contribution in [0.4, 0.5) is 13.2 Å². The molecule has 0 aliphatic heterocycles. The zero-order valence-electron chi connectivity index (χ0n) is 19.8. The van der Waals surface area contributed by atoms with Crippen molar-refractivity contribution >= 4 is 29.2 Å². The van der Waals surface area contributed by atoms with Gasteiger partial charge in [-0.1, -0.05) is 48.3 Å². The molecular formula is C26H19Cl2F3N2O5. The van der Waals surface area contributed by atoms with Gasteiger partial charge < -0.3 is 19.1 Å². The van der Waals surface area contributed by atoms with Gasteiger partial charge >= 0.3 is 12.1 Å². The number of rotatable bonds is 8. The summed E-state index contributed by atoms with van der Waals surface area (Å²) >= 11 is 12.7. The zero-order chi connectivity index (χ0) is 27.6. The number of aromatic nitrogens is 2. The molecule has 12 heteroatoms. The highest BCUT2D eigenvalue weighted by Gasteiger charge is 2.36. The van der Waals surface area contributed by atoms with E-state index < -0.39 is 23.6 Å². The first-order valence-corrected chi connectivity index (χ1v) is 11.9. The van der Waals surface area contributed by atoms with Crippen molar-refractivity contribution in [2.45, 2.75) is 32.5 Å². The van der Waals surface area contributed by atoms with Crippen molar-refractivity contribution in [1.29, 1.82) is 0 Å². The Bertz CT molecular complexity index is 1450. The first kappa shape index (κ1) is 27.3. The quantitative estimate of drug-likeness (QED) is 0.229. The second-order valence-corrected chi connectivity index (χ2v) is 9.18. The van der Waals surface area contributed by atoms with Crippen LogP contribution in [-0.2, 0) is 12.8 Å². The van der Waals surface area contributed by atoms with E-state index >= 15 is 0 Å². The maximum atomic E-state index is 13.9. The van der Waals surface area contributed by atoms with E-state index in [2.05, 4.69) is 10.1 Å². The van der Waals surface area contributed by atoms with Gasteiger partial charge in [0.05, 0.1) is 27.4 Å². The molecule has 0 fully saturated rings. The molecule has 2 aromatic carbocycles. The number of aromatic carboxylic acids is 1. The number of halogens is 5. The first-order valence-electron chi connectivity index (χ1n) is 11.1. The van der Waals surface area contributed by atoms with Gasteiger partial charge in [0.15, 0.2) is 0 Å². The Labute approximate surface area is 224 Å². The standard InChI is InChI=1S/C26H19Cl2F3N2O5/c1-13(2)23-17(22(33-38-23)21-19(27)4-3-5-20(21)28)12-36-16-10-18(26(29,30)31)24(32-11-16)37-15-8-6-14(7-9-15)25(34)35/h3-11,13H,12H2,1-2H3,(H,34,35). The zero-order valence-corrected chi connectivity index (χ0v) is 21.4.